The van der Waals surface area contributed by atoms with Gasteiger partial charge in [0.05, 0.1) is 16.3 Å². The minimum atomic E-state index is -3.90. The lowest BCUT2D eigenvalue weighted by atomic mass is 10.1. The average Bonchev–Trinajstić information content (AvgIpc) is 2.82. The number of hydrogen-bond donors (Lipinski definition) is 1. The van der Waals surface area contributed by atoms with Crippen molar-refractivity contribution in [3.05, 3.63) is 56.4 Å². The van der Waals surface area contributed by atoms with Crippen molar-refractivity contribution in [2.45, 2.75) is 13.8 Å². The summed E-state index contributed by atoms with van der Waals surface area (Å²) in [6.07, 6.45) is 1.21. The van der Waals surface area contributed by atoms with E-state index in [1.165, 1.54) is 24.6 Å². The number of aryl methyl sites for hydroxylation is 1. The SMILES string of the molecule is Cc1sc2c(c1C)C(=O)C(=CNc1ccccc1Cl)S(=O)(=O)N2C. The number of allylic oxidation sites excluding steroid dienone is 1. The van der Waals surface area contributed by atoms with E-state index in [-0.39, 0.29) is 4.91 Å². The number of benzene rings is 1. The van der Waals surface area contributed by atoms with Crippen LogP contribution in [0.5, 0.6) is 0 Å². The van der Waals surface area contributed by atoms with Gasteiger partial charge in [-0.3, -0.25) is 9.10 Å². The van der Waals surface area contributed by atoms with Gasteiger partial charge in [0.25, 0.3) is 10.0 Å². The van der Waals surface area contributed by atoms with Crippen LogP contribution in [0, 0.1) is 13.8 Å². The van der Waals surface area contributed by atoms with Crippen molar-refractivity contribution in [3.8, 4) is 0 Å². The van der Waals surface area contributed by atoms with Crippen molar-refractivity contribution in [1.82, 2.24) is 0 Å². The van der Waals surface area contributed by atoms with Gasteiger partial charge >= 0.3 is 0 Å². The monoisotopic (exact) mass is 382 g/mol. The molecule has 0 aliphatic carbocycles. The van der Waals surface area contributed by atoms with Crippen molar-refractivity contribution in [2.24, 2.45) is 0 Å². The van der Waals surface area contributed by atoms with Crippen LogP contribution in [-0.4, -0.2) is 21.2 Å². The zero-order chi connectivity index (χ0) is 17.6. The molecule has 1 aromatic carbocycles. The van der Waals surface area contributed by atoms with Crippen LogP contribution >= 0.6 is 22.9 Å². The van der Waals surface area contributed by atoms with Gasteiger partial charge in [-0.1, -0.05) is 23.7 Å². The number of sulfonamides is 1. The molecule has 8 heteroatoms. The summed E-state index contributed by atoms with van der Waals surface area (Å²) in [5, 5.41) is 3.73. The average molecular weight is 383 g/mol. The zero-order valence-electron chi connectivity index (χ0n) is 13.3. The van der Waals surface area contributed by atoms with Crippen molar-refractivity contribution in [2.75, 3.05) is 16.7 Å². The molecule has 0 spiro atoms. The first-order valence-corrected chi connectivity index (χ1v) is 9.73. The molecule has 0 atom stereocenters. The van der Waals surface area contributed by atoms with Gasteiger partial charge in [0, 0.05) is 18.1 Å². The summed E-state index contributed by atoms with van der Waals surface area (Å²) in [4.78, 5) is 13.4. The number of thiophene rings is 1. The Bertz CT molecular complexity index is 977. The van der Waals surface area contributed by atoms with Crippen LogP contribution in [0.25, 0.3) is 0 Å². The van der Waals surface area contributed by atoms with Crippen LogP contribution in [0.2, 0.25) is 5.02 Å². The molecule has 1 N–H and O–H groups in total. The van der Waals surface area contributed by atoms with Gasteiger partial charge in [-0.15, -0.1) is 11.3 Å². The third kappa shape index (κ3) is 2.53. The van der Waals surface area contributed by atoms with Crippen LogP contribution < -0.4 is 9.62 Å². The number of carbonyl (C=O) groups is 1. The molecule has 2 heterocycles. The Balaban J connectivity index is 2.11. The van der Waals surface area contributed by atoms with Crippen LogP contribution in [0.3, 0.4) is 0 Å². The van der Waals surface area contributed by atoms with Crippen LogP contribution in [0.15, 0.2) is 35.4 Å². The van der Waals surface area contributed by atoms with Crippen molar-refractivity contribution in [3.63, 3.8) is 0 Å². The minimum absolute atomic E-state index is 0.293. The van der Waals surface area contributed by atoms with Crippen LogP contribution in [0.4, 0.5) is 10.7 Å². The number of fused-ring (bicyclic) bond motifs is 1. The standard InChI is InChI=1S/C16H15ClN2O3S2/c1-9-10(2)23-16-14(9)15(20)13(24(21,22)19(16)3)8-18-12-7-5-4-6-11(12)17/h4-8,18H,1-3H3. The van der Waals surface area contributed by atoms with Crippen molar-refractivity contribution in [1.29, 1.82) is 0 Å². The number of rotatable bonds is 2. The quantitative estimate of drug-likeness (QED) is 0.799. The summed E-state index contributed by atoms with van der Waals surface area (Å²) in [5.74, 6) is -0.496. The summed E-state index contributed by atoms with van der Waals surface area (Å²) in [6, 6.07) is 6.91. The zero-order valence-corrected chi connectivity index (χ0v) is 15.6. The summed E-state index contributed by atoms with van der Waals surface area (Å²) in [7, 11) is -2.44. The number of hydrogen-bond acceptors (Lipinski definition) is 5. The fraction of sp³-hybridized carbons (Fsp3) is 0.188. The highest BCUT2D eigenvalue weighted by Crippen LogP contribution is 2.42. The number of halogens is 1. The molecule has 24 heavy (non-hydrogen) atoms. The minimum Gasteiger partial charge on any atom is -0.359 e. The van der Waals surface area contributed by atoms with Gasteiger partial charge in [-0.05, 0) is 31.5 Å². The second-order valence-electron chi connectivity index (χ2n) is 5.40. The molecule has 1 aliphatic rings. The fourth-order valence-electron chi connectivity index (χ4n) is 2.46. The highest BCUT2D eigenvalue weighted by Gasteiger charge is 2.41. The molecule has 1 aromatic heterocycles. The number of carbonyl (C=O) groups excluding carboxylic acids is 1. The Morgan fingerprint density at radius 3 is 2.58 bits per heavy atom. The fourth-order valence-corrected chi connectivity index (χ4v) is 5.22. The molecule has 2 aromatic rings. The molecule has 0 fully saturated rings. The van der Waals surface area contributed by atoms with E-state index in [0.717, 1.165) is 14.7 Å². The van der Waals surface area contributed by atoms with E-state index in [2.05, 4.69) is 5.32 Å². The Kier molecular flexibility index (Phi) is 4.19. The Morgan fingerprint density at radius 2 is 1.92 bits per heavy atom. The van der Waals surface area contributed by atoms with E-state index in [0.29, 0.717) is 21.3 Å². The number of ketones is 1. The van der Waals surface area contributed by atoms with E-state index in [9.17, 15) is 13.2 Å². The lowest BCUT2D eigenvalue weighted by molar-refractivity contribution is 0.104. The van der Waals surface area contributed by atoms with Gasteiger partial charge in [-0.2, -0.15) is 0 Å². The molecule has 0 radical (unpaired) electrons. The third-order valence-corrected chi connectivity index (χ3v) is 7.47. The molecule has 0 amide bonds. The van der Waals surface area contributed by atoms with Crippen LogP contribution in [-0.2, 0) is 10.0 Å². The molecular formula is C16H15ClN2O3S2. The van der Waals surface area contributed by atoms with Gasteiger partial charge in [-0.25, -0.2) is 8.42 Å². The molecule has 126 valence electrons. The lowest BCUT2D eigenvalue weighted by Gasteiger charge is -2.25. The van der Waals surface area contributed by atoms with Gasteiger partial charge < -0.3 is 5.32 Å². The first kappa shape index (κ1) is 17.0. The molecule has 1 aliphatic heterocycles. The largest absolute Gasteiger partial charge is 0.359 e. The Hall–Kier alpha value is -1.83. The molecule has 0 bridgehead atoms. The number of nitrogens with zero attached hydrogens (tertiary/aromatic N) is 1. The number of para-hydroxylation sites is 1. The van der Waals surface area contributed by atoms with Gasteiger partial charge in [0.1, 0.15) is 5.00 Å². The second kappa shape index (κ2) is 5.91. The second-order valence-corrected chi connectivity index (χ2v) is 8.95. The summed E-state index contributed by atoms with van der Waals surface area (Å²) >= 11 is 7.36. The number of Topliss-reactive ketones (excluding diaryl/α,β-unsaturated/α-hetero) is 1. The number of nitrogens with one attached hydrogen (secondary N) is 1. The topological polar surface area (TPSA) is 66.5 Å². The molecule has 3 rings (SSSR count). The van der Waals surface area contributed by atoms with Crippen LogP contribution in [0.1, 0.15) is 20.8 Å². The Morgan fingerprint density at radius 1 is 1.25 bits per heavy atom. The molecule has 5 nitrogen and oxygen atoms in total. The maximum atomic E-state index is 12.8. The molecule has 0 unspecified atom stereocenters. The summed E-state index contributed by atoms with van der Waals surface area (Å²) in [5.41, 5.74) is 1.79. The van der Waals surface area contributed by atoms with E-state index >= 15 is 0 Å². The molecular weight excluding hydrogens is 368 g/mol. The predicted molar refractivity (Wildman–Crippen MR) is 98.6 cm³/mol. The van der Waals surface area contributed by atoms with E-state index in [1.54, 1.807) is 24.3 Å². The maximum Gasteiger partial charge on any atom is 0.270 e. The summed E-state index contributed by atoms with van der Waals surface area (Å²) < 4.78 is 26.5. The van der Waals surface area contributed by atoms with E-state index < -0.39 is 15.8 Å². The highest BCUT2D eigenvalue weighted by molar-refractivity contribution is 7.98. The van der Waals surface area contributed by atoms with Gasteiger partial charge in [0.2, 0.25) is 5.78 Å². The van der Waals surface area contributed by atoms with Gasteiger partial charge in [0.15, 0.2) is 4.91 Å². The summed E-state index contributed by atoms with van der Waals surface area (Å²) in [6.45, 7) is 3.70. The normalized spacial score (nSPS) is 17.9. The van der Waals surface area contributed by atoms with Crippen molar-refractivity contribution >= 4 is 49.4 Å². The maximum absolute atomic E-state index is 12.8. The number of anilines is 2. The highest BCUT2D eigenvalue weighted by atomic mass is 35.5. The Labute approximate surface area is 149 Å². The first-order valence-electron chi connectivity index (χ1n) is 7.10. The third-order valence-electron chi connectivity index (χ3n) is 3.97. The first-order chi connectivity index (χ1) is 11.2. The van der Waals surface area contributed by atoms with E-state index in [1.807, 2.05) is 13.8 Å². The van der Waals surface area contributed by atoms with Crippen molar-refractivity contribution < 1.29 is 13.2 Å². The molecule has 0 saturated heterocycles. The molecule has 0 saturated carbocycles. The predicted octanol–water partition coefficient (Wildman–Crippen LogP) is 3.93. The lowest BCUT2D eigenvalue weighted by Crippen LogP contribution is -2.36. The van der Waals surface area contributed by atoms with E-state index in [4.69, 9.17) is 11.6 Å². The smallest absolute Gasteiger partial charge is 0.270 e.